The third-order valence-electron chi connectivity index (χ3n) is 6.55. The topological polar surface area (TPSA) is 108 Å². The summed E-state index contributed by atoms with van der Waals surface area (Å²) >= 11 is 0. The van der Waals surface area contributed by atoms with Crippen molar-refractivity contribution >= 4 is 23.6 Å². The van der Waals surface area contributed by atoms with Crippen LogP contribution in [0.15, 0.2) is 18.2 Å². The van der Waals surface area contributed by atoms with E-state index in [1.54, 1.807) is 12.1 Å². The van der Waals surface area contributed by atoms with Crippen LogP contribution < -0.4 is 10.6 Å². The maximum Gasteiger partial charge on any atom is 0.262 e. The molecule has 0 saturated carbocycles. The Morgan fingerprint density at radius 1 is 0.970 bits per heavy atom. The van der Waals surface area contributed by atoms with E-state index < -0.39 is 23.8 Å². The van der Waals surface area contributed by atoms with Gasteiger partial charge in [0.15, 0.2) is 0 Å². The molecule has 2 fully saturated rings. The first-order valence-corrected chi connectivity index (χ1v) is 11.9. The third-order valence-corrected chi connectivity index (χ3v) is 6.55. The number of benzene rings is 1. The lowest BCUT2D eigenvalue weighted by atomic mass is 9.98. The van der Waals surface area contributed by atoms with Crippen LogP contribution in [0.25, 0.3) is 0 Å². The molecular weight excluding hydrogens is 424 g/mol. The number of unbranched alkanes of at least 4 members (excludes halogenated alkanes) is 2. The van der Waals surface area contributed by atoms with Crippen molar-refractivity contribution in [2.45, 2.75) is 44.6 Å². The Hall–Kier alpha value is -2.62. The van der Waals surface area contributed by atoms with Gasteiger partial charge in [-0.25, -0.2) is 0 Å². The minimum Gasteiger partial charge on any atom is -0.380 e. The van der Waals surface area contributed by atoms with E-state index in [9.17, 15) is 19.2 Å². The quantitative estimate of drug-likeness (QED) is 0.395. The maximum atomic E-state index is 13.1. The van der Waals surface area contributed by atoms with E-state index in [0.29, 0.717) is 17.5 Å². The summed E-state index contributed by atoms with van der Waals surface area (Å²) in [6.07, 6.45) is 3.78. The van der Waals surface area contributed by atoms with E-state index >= 15 is 0 Å². The Balaban J connectivity index is 1.24. The smallest absolute Gasteiger partial charge is 0.262 e. The van der Waals surface area contributed by atoms with Crippen molar-refractivity contribution in [3.8, 4) is 0 Å². The summed E-state index contributed by atoms with van der Waals surface area (Å²) in [5, 5.41) is 5.57. The molecule has 0 aliphatic carbocycles. The van der Waals surface area contributed by atoms with Gasteiger partial charge < -0.3 is 10.1 Å². The molecule has 2 N–H and O–H groups in total. The molecule has 3 heterocycles. The highest BCUT2D eigenvalue weighted by molar-refractivity contribution is 6.24. The monoisotopic (exact) mass is 456 g/mol. The zero-order valence-corrected chi connectivity index (χ0v) is 18.9. The van der Waals surface area contributed by atoms with Gasteiger partial charge in [0, 0.05) is 45.8 Å². The Bertz CT molecular complexity index is 912. The number of nitrogens with zero attached hydrogens (tertiary/aromatic N) is 2. The second-order valence-corrected chi connectivity index (χ2v) is 8.80. The summed E-state index contributed by atoms with van der Waals surface area (Å²) in [6, 6.07) is 4.37. The number of fused-ring (bicyclic) bond motifs is 1. The number of imide groups is 2. The highest BCUT2D eigenvalue weighted by Gasteiger charge is 2.45. The number of rotatable bonds is 10. The standard InChI is InChI=1S/C24H32N4O5/c29-20-9-8-19(22(30)26-20)28-23(31)18-7-4-6-17(21(18)24(28)32)5-2-1-3-15-33-16-14-27-12-10-25-11-13-27/h4,6-7,19,25H,1-3,5,8-16H2,(H,26,29,30)/t19-/m0/s1. The van der Waals surface area contributed by atoms with Crippen LogP contribution in [0.4, 0.5) is 0 Å². The molecule has 0 spiro atoms. The molecule has 1 aromatic carbocycles. The molecule has 0 bridgehead atoms. The van der Waals surface area contributed by atoms with Gasteiger partial charge in [-0.05, 0) is 37.3 Å². The zero-order chi connectivity index (χ0) is 23.2. The second-order valence-electron chi connectivity index (χ2n) is 8.80. The lowest BCUT2D eigenvalue weighted by Gasteiger charge is -2.27. The molecule has 3 aliphatic heterocycles. The summed E-state index contributed by atoms with van der Waals surface area (Å²) < 4.78 is 5.76. The highest BCUT2D eigenvalue weighted by Crippen LogP contribution is 2.30. The van der Waals surface area contributed by atoms with Crippen molar-refractivity contribution in [3.63, 3.8) is 0 Å². The fourth-order valence-corrected chi connectivity index (χ4v) is 4.72. The highest BCUT2D eigenvalue weighted by atomic mass is 16.5. The van der Waals surface area contributed by atoms with Crippen LogP contribution in [-0.4, -0.2) is 85.4 Å². The number of piperidine rings is 1. The van der Waals surface area contributed by atoms with Gasteiger partial charge in [0.1, 0.15) is 6.04 Å². The van der Waals surface area contributed by atoms with Gasteiger partial charge in [0.2, 0.25) is 11.8 Å². The zero-order valence-electron chi connectivity index (χ0n) is 18.9. The van der Waals surface area contributed by atoms with Crippen molar-refractivity contribution in [1.82, 2.24) is 20.4 Å². The SMILES string of the molecule is O=C1CC[C@H](N2C(=O)c3cccc(CCCCCOCCN4CCNCC4)c3C2=O)C(=O)N1. The van der Waals surface area contributed by atoms with Crippen LogP contribution in [0.1, 0.15) is 58.4 Å². The minimum atomic E-state index is -0.929. The van der Waals surface area contributed by atoms with Crippen molar-refractivity contribution in [2.75, 3.05) is 45.9 Å². The minimum absolute atomic E-state index is 0.119. The molecule has 0 radical (unpaired) electrons. The van der Waals surface area contributed by atoms with Crippen LogP contribution in [0, 0.1) is 0 Å². The van der Waals surface area contributed by atoms with Crippen molar-refractivity contribution in [1.29, 1.82) is 0 Å². The Morgan fingerprint density at radius 3 is 2.58 bits per heavy atom. The van der Waals surface area contributed by atoms with Gasteiger partial charge in [-0.3, -0.25) is 34.3 Å². The predicted octanol–water partition coefficient (Wildman–Crippen LogP) is 0.722. The number of carbonyl (C=O) groups is 4. The van der Waals surface area contributed by atoms with Crippen LogP contribution >= 0.6 is 0 Å². The number of carbonyl (C=O) groups excluding carboxylic acids is 4. The lowest BCUT2D eigenvalue weighted by molar-refractivity contribution is -0.136. The number of nitrogens with one attached hydrogen (secondary N) is 2. The van der Waals surface area contributed by atoms with Gasteiger partial charge in [-0.15, -0.1) is 0 Å². The Morgan fingerprint density at radius 2 is 1.79 bits per heavy atom. The molecule has 0 aromatic heterocycles. The Kier molecular flexibility index (Phi) is 7.85. The van der Waals surface area contributed by atoms with Crippen LogP contribution in [0.5, 0.6) is 0 Å². The molecular formula is C24H32N4O5. The summed E-state index contributed by atoms with van der Waals surface area (Å²) in [5.74, 6) is -1.85. The van der Waals surface area contributed by atoms with Gasteiger partial charge in [-0.2, -0.15) is 0 Å². The van der Waals surface area contributed by atoms with E-state index in [4.69, 9.17) is 4.74 Å². The second kappa shape index (κ2) is 11.0. The van der Waals surface area contributed by atoms with E-state index in [2.05, 4.69) is 15.5 Å². The average Bonchev–Trinajstić information content (AvgIpc) is 3.07. The van der Waals surface area contributed by atoms with Gasteiger partial charge in [0.05, 0.1) is 17.7 Å². The van der Waals surface area contributed by atoms with E-state index in [0.717, 1.165) is 75.7 Å². The Labute approximate surface area is 193 Å². The van der Waals surface area contributed by atoms with Gasteiger partial charge in [0.25, 0.3) is 11.8 Å². The van der Waals surface area contributed by atoms with E-state index in [1.165, 1.54) is 0 Å². The molecule has 4 rings (SSSR count). The number of amides is 4. The molecule has 2 saturated heterocycles. The first-order valence-electron chi connectivity index (χ1n) is 11.9. The number of piperazine rings is 1. The molecule has 3 aliphatic rings. The number of hydrogen-bond donors (Lipinski definition) is 2. The molecule has 9 heteroatoms. The van der Waals surface area contributed by atoms with Gasteiger partial charge in [-0.1, -0.05) is 18.6 Å². The predicted molar refractivity (Wildman–Crippen MR) is 121 cm³/mol. The third kappa shape index (κ3) is 5.48. The summed E-state index contributed by atoms with van der Waals surface area (Å²) in [7, 11) is 0. The number of hydrogen-bond acceptors (Lipinski definition) is 7. The molecule has 1 atom stereocenters. The first-order chi connectivity index (χ1) is 16.1. The van der Waals surface area contributed by atoms with Crippen molar-refractivity contribution < 1.29 is 23.9 Å². The number of ether oxygens (including phenoxy) is 1. The van der Waals surface area contributed by atoms with Crippen LogP contribution in [0.2, 0.25) is 0 Å². The molecule has 33 heavy (non-hydrogen) atoms. The number of aryl methyl sites for hydroxylation is 1. The molecule has 1 aromatic rings. The normalized spacial score (nSPS) is 21.5. The van der Waals surface area contributed by atoms with Crippen molar-refractivity contribution in [2.24, 2.45) is 0 Å². The largest absolute Gasteiger partial charge is 0.380 e. The molecule has 9 nitrogen and oxygen atoms in total. The molecule has 0 unspecified atom stereocenters. The maximum absolute atomic E-state index is 13.1. The summed E-state index contributed by atoms with van der Waals surface area (Å²) in [5.41, 5.74) is 1.58. The van der Waals surface area contributed by atoms with Crippen LogP contribution in [0.3, 0.4) is 0 Å². The fourth-order valence-electron chi connectivity index (χ4n) is 4.72. The van der Waals surface area contributed by atoms with Gasteiger partial charge >= 0.3 is 0 Å². The van der Waals surface area contributed by atoms with Crippen molar-refractivity contribution in [3.05, 3.63) is 34.9 Å². The fraction of sp³-hybridized carbons (Fsp3) is 0.583. The van der Waals surface area contributed by atoms with E-state index in [-0.39, 0.29) is 18.7 Å². The summed E-state index contributed by atoms with van der Waals surface area (Å²) in [4.78, 5) is 53.1. The van der Waals surface area contributed by atoms with Crippen LogP contribution in [-0.2, 0) is 20.7 Å². The molecule has 4 amide bonds. The first kappa shape index (κ1) is 23.5. The molecule has 178 valence electrons. The average molecular weight is 457 g/mol. The van der Waals surface area contributed by atoms with E-state index in [1.807, 2.05) is 6.07 Å². The summed E-state index contributed by atoms with van der Waals surface area (Å²) in [6.45, 7) is 6.68. The lowest BCUT2D eigenvalue weighted by Crippen LogP contribution is -2.54.